The van der Waals surface area contributed by atoms with E-state index in [4.69, 9.17) is 5.73 Å². The van der Waals surface area contributed by atoms with Crippen molar-refractivity contribution in [3.8, 4) is 16.9 Å². The molecule has 0 spiro atoms. The molecule has 3 aliphatic rings. The van der Waals surface area contributed by atoms with Gasteiger partial charge >= 0.3 is 0 Å². The van der Waals surface area contributed by atoms with Gasteiger partial charge < -0.3 is 30.9 Å². The van der Waals surface area contributed by atoms with Gasteiger partial charge in [-0.15, -0.1) is 0 Å². The second-order valence-corrected chi connectivity index (χ2v) is 11.4. The number of likely N-dealkylation sites (N-methyl/N-ethyl adjacent to an activating group) is 1. The van der Waals surface area contributed by atoms with E-state index in [0.717, 1.165) is 16.8 Å². The minimum Gasteiger partial charge on any atom is -0.507 e. The molecule has 5 rings (SSSR count). The molecule has 0 aliphatic heterocycles. The average Bonchev–Trinajstić information content (AvgIpc) is 2.86. The summed E-state index contributed by atoms with van der Waals surface area (Å²) < 4.78 is 0. The molecule has 2 aromatic rings. The first-order valence-electron chi connectivity index (χ1n) is 12.9. The molecule has 10 nitrogen and oxygen atoms in total. The van der Waals surface area contributed by atoms with Gasteiger partial charge in [0.25, 0.3) is 0 Å². The van der Waals surface area contributed by atoms with Crippen LogP contribution in [0.5, 0.6) is 5.75 Å². The van der Waals surface area contributed by atoms with E-state index in [0.29, 0.717) is 5.56 Å². The van der Waals surface area contributed by atoms with Crippen LogP contribution in [0.2, 0.25) is 0 Å². The molecule has 3 aliphatic carbocycles. The summed E-state index contributed by atoms with van der Waals surface area (Å²) in [5.41, 5.74) is 5.90. The first-order chi connectivity index (χ1) is 18.3. The summed E-state index contributed by atoms with van der Waals surface area (Å²) in [4.78, 5) is 56.9. The fourth-order valence-electron chi connectivity index (χ4n) is 7.03. The molecule has 2 saturated carbocycles. The number of fused-ring (bicyclic) bond motifs is 3. The number of rotatable bonds is 4. The van der Waals surface area contributed by atoms with Crippen LogP contribution in [0.3, 0.4) is 0 Å². The summed E-state index contributed by atoms with van der Waals surface area (Å²) >= 11 is 0. The van der Waals surface area contributed by atoms with E-state index in [2.05, 4.69) is 0 Å². The SMILES string of the molecule is CN(C)c1ccc(-c2ccc(O)c3c2C[C@@H]2C[C@@H]4[C@@H](N(C)C)C(O)C(C(N)=O)C(=O)[C@]4(O)C(=O)C2C3=O)cc1. The lowest BCUT2D eigenvalue weighted by Gasteiger charge is -2.54. The van der Waals surface area contributed by atoms with Gasteiger partial charge in [0.1, 0.15) is 11.7 Å². The van der Waals surface area contributed by atoms with Crippen molar-refractivity contribution in [1.82, 2.24) is 4.90 Å². The molecular formula is C29H33N3O7. The maximum absolute atomic E-state index is 13.9. The third-order valence-electron chi connectivity index (χ3n) is 8.87. The summed E-state index contributed by atoms with van der Waals surface area (Å²) in [5.74, 6) is -9.10. The average molecular weight is 536 g/mol. The number of nitrogens with two attached hydrogens (primary N) is 1. The first-order valence-corrected chi connectivity index (χ1v) is 12.9. The molecule has 0 heterocycles. The number of hydrogen-bond donors (Lipinski definition) is 4. The number of aromatic hydroxyl groups is 1. The van der Waals surface area contributed by atoms with Crippen LogP contribution in [-0.2, 0) is 20.8 Å². The number of phenolic OH excluding ortho intramolecular Hbond substituents is 1. The van der Waals surface area contributed by atoms with Gasteiger partial charge in [-0.25, -0.2) is 0 Å². The molecule has 0 bridgehead atoms. The van der Waals surface area contributed by atoms with Gasteiger partial charge in [0.15, 0.2) is 23.0 Å². The zero-order chi connectivity index (χ0) is 28.5. The number of nitrogens with zero attached hydrogens (tertiary/aromatic N) is 2. The summed E-state index contributed by atoms with van der Waals surface area (Å²) in [7, 11) is 7.09. The highest BCUT2D eigenvalue weighted by molar-refractivity contribution is 6.25. The Morgan fingerprint density at radius 1 is 1.00 bits per heavy atom. The molecule has 10 heteroatoms. The Hall–Kier alpha value is -3.60. The van der Waals surface area contributed by atoms with Crippen LogP contribution in [0.15, 0.2) is 36.4 Å². The highest BCUT2D eigenvalue weighted by Gasteiger charge is 2.69. The van der Waals surface area contributed by atoms with Crippen LogP contribution in [-0.4, -0.2) is 89.4 Å². The number of anilines is 1. The van der Waals surface area contributed by atoms with E-state index in [1.165, 1.54) is 6.07 Å². The summed E-state index contributed by atoms with van der Waals surface area (Å²) in [5, 5.41) is 33.4. The van der Waals surface area contributed by atoms with E-state index in [9.17, 15) is 34.5 Å². The van der Waals surface area contributed by atoms with Gasteiger partial charge in [-0.3, -0.25) is 19.2 Å². The lowest BCUT2D eigenvalue weighted by Crippen LogP contribution is -2.75. The van der Waals surface area contributed by atoms with E-state index in [-0.39, 0.29) is 24.2 Å². The Kier molecular flexibility index (Phi) is 6.40. The number of carbonyl (C=O) groups is 4. The van der Waals surface area contributed by atoms with Crippen molar-refractivity contribution in [2.45, 2.75) is 30.6 Å². The van der Waals surface area contributed by atoms with Gasteiger partial charge in [-0.1, -0.05) is 18.2 Å². The number of aliphatic hydroxyl groups excluding tert-OH is 1. The Morgan fingerprint density at radius 2 is 1.64 bits per heavy atom. The normalized spacial score (nSPS) is 31.9. The molecule has 0 aromatic heterocycles. The van der Waals surface area contributed by atoms with Crippen molar-refractivity contribution in [2.75, 3.05) is 33.1 Å². The van der Waals surface area contributed by atoms with Crippen molar-refractivity contribution < 1.29 is 34.5 Å². The minimum atomic E-state index is -2.67. The maximum Gasteiger partial charge on any atom is 0.230 e. The number of benzene rings is 2. The second-order valence-electron chi connectivity index (χ2n) is 11.4. The smallest absolute Gasteiger partial charge is 0.230 e. The van der Waals surface area contributed by atoms with Gasteiger partial charge in [-0.2, -0.15) is 0 Å². The van der Waals surface area contributed by atoms with Crippen LogP contribution in [0.4, 0.5) is 5.69 Å². The largest absolute Gasteiger partial charge is 0.507 e. The van der Waals surface area contributed by atoms with Crippen LogP contribution in [0.1, 0.15) is 22.3 Å². The number of ketones is 3. The minimum absolute atomic E-state index is 0.000241. The van der Waals surface area contributed by atoms with Gasteiger partial charge in [0.05, 0.1) is 17.6 Å². The van der Waals surface area contributed by atoms with E-state index >= 15 is 0 Å². The fourth-order valence-corrected chi connectivity index (χ4v) is 7.03. The number of aliphatic hydroxyl groups is 2. The van der Waals surface area contributed by atoms with Crippen molar-refractivity contribution in [3.05, 3.63) is 47.5 Å². The molecule has 206 valence electrons. The predicted octanol–water partition coefficient (Wildman–Crippen LogP) is 0.392. The van der Waals surface area contributed by atoms with Gasteiger partial charge in [0.2, 0.25) is 5.91 Å². The number of carbonyl (C=O) groups excluding carboxylic acids is 4. The Morgan fingerprint density at radius 3 is 2.21 bits per heavy atom. The lowest BCUT2D eigenvalue weighted by atomic mass is 9.52. The standard InChI is InChI=1S/C29H33N3O7/c1-31(2)15-7-5-13(6-8-15)16-9-10-19(33)21-17(16)11-14-12-18-23(32(3)4)25(35)22(28(30)38)27(37)29(18,39)26(36)20(14)24(21)34/h5-10,14,18,20,22-23,25,33,35,39H,11-12H2,1-4H3,(H2,30,38)/t14-,18-,20?,22?,23-,25?,29-/m1/s1. The third-order valence-corrected chi connectivity index (χ3v) is 8.87. The summed E-state index contributed by atoms with van der Waals surface area (Å²) in [6.45, 7) is 0. The molecule has 1 amide bonds. The summed E-state index contributed by atoms with van der Waals surface area (Å²) in [6.07, 6.45) is -1.21. The van der Waals surface area contributed by atoms with Crippen LogP contribution in [0, 0.1) is 23.7 Å². The number of primary amides is 1. The fraction of sp³-hybridized carbons (Fsp3) is 0.448. The predicted molar refractivity (Wildman–Crippen MR) is 142 cm³/mol. The van der Waals surface area contributed by atoms with Crippen molar-refractivity contribution in [1.29, 1.82) is 0 Å². The van der Waals surface area contributed by atoms with E-state index in [1.807, 2.05) is 43.3 Å². The molecular weight excluding hydrogens is 502 g/mol. The molecule has 39 heavy (non-hydrogen) atoms. The molecule has 0 saturated heterocycles. The number of amides is 1. The van der Waals surface area contributed by atoms with Crippen LogP contribution < -0.4 is 10.6 Å². The molecule has 5 N–H and O–H groups in total. The van der Waals surface area contributed by atoms with E-state index < -0.39 is 64.7 Å². The highest BCUT2D eigenvalue weighted by atomic mass is 16.3. The highest BCUT2D eigenvalue weighted by Crippen LogP contribution is 2.52. The Labute approximate surface area is 226 Å². The molecule has 3 unspecified atom stereocenters. The first kappa shape index (κ1) is 27.0. The topological polar surface area (TPSA) is 161 Å². The van der Waals surface area contributed by atoms with Crippen LogP contribution >= 0.6 is 0 Å². The van der Waals surface area contributed by atoms with Crippen molar-refractivity contribution in [3.63, 3.8) is 0 Å². The zero-order valence-corrected chi connectivity index (χ0v) is 22.3. The second kappa shape index (κ2) is 9.25. The van der Waals surface area contributed by atoms with Crippen LogP contribution in [0.25, 0.3) is 11.1 Å². The number of hydrogen-bond acceptors (Lipinski definition) is 9. The zero-order valence-electron chi connectivity index (χ0n) is 22.3. The van der Waals surface area contributed by atoms with Gasteiger partial charge in [-0.05, 0) is 67.7 Å². The summed E-state index contributed by atoms with van der Waals surface area (Å²) in [6, 6.07) is 9.94. The third kappa shape index (κ3) is 3.81. The van der Waals surface area contributed by atoms with Gasteiger partial charge in [0, 0.05) is 31.7 Å². The quantitative estimate of drug-likeness (QED) is 0.406. The van der Waals surface area contributed by atoms with Crippen molar-refractivity contribution in [2.24, 2.45) is 29.4 Å². The maximum atomic E-state index is 13.9. The number of phenols is 1. The number of Topliss-reactive ketones (excluding diaryl/α,β-unsaturated/α-hetero) is 3. The lowest BCUT2D eigenvalue weighted by molar-refractivity contribution is -0.190. The molecule has 0 radical (unpaired) electrons. The van der Waals surface area contributed by atoms with Crippen molar-refractivity contribution >= 4 is 28.9 Å². The monoisotopic (exact) mass is 535 g/mol. The Balaban J connectivity index is 1.63. The molecule has 7 atom stereocenters. The molecule has 2 fully saturated rings. The van der Waals surface area contributed by atoms with E-state index in [1.54, 1.807) is 25.1 Å². The Bertz CT molecular complexity index is 1390. The molecule has 2 aromatic carbocycles.